The van der Waals surface area contributed by atoms with Crippen molar-refractivity contribution in [1.29, 1.82) is 0 Å². The van der Waals surface area contributed by atoms with Crippen LogP contribution in [0.3, 0.4) is 0 Å². The van der Waals surface area contributed by atoms with Gasteiger partial charge in [0.05, 0.1) is 0 Å². The number of unbranched alkanes of at least 4 members (excludes halogenated alkanes) is 1. The number of hydrogen-bond acceptors (Lipinski definition) is 8. The quantitative estimate of drug-likeness (QED) is 0.261. The first-order valence-corrected chi connectivity index (χ1v) is 18.4. The Morgan fingerprint density at radius 1 is 1.12 bits per heavy atom. The number of imide groups is 1. The summed E-state index contributed by atoms with van der Waals surface area (Å²) in [6, 6.07) is 0. The Labute approximate surface area is 222 Å². The molecule has 11 heteroatoms. The van der Waals surface area contributed by atoms with Crippen molar-refractivity contribution >= 4 is 23.7 Å². The van der Waals surface area contributed by atoms with Crippen molar-refractivity contribution in [2.24, 2.45) is 17.8 Å². The monoisotopic (exact) mass is 695 g/mol. The Hall–Kier alpha value is -0.598. The third-order valence-electron chi connectivity index (χ3n) is 7.27. The molecule has 0 bridgehead atoms. The molecule has 7 unspecified atom stereocenters. The Balaban J connectivity index is 1.37. The number of aliphatic hydroxyl groups excluding tert-OH is 1. The summed E-state index contributed by atoms with van der Waals surface area (Å²) in [7, 11) is 0. The summed E-state index contributed by atoms with van der Waals surface area (Å²) in [6.45, 7) is 7.24. The van der Waals surface area contributed by atoms with E-state index in [2.05, 4.69) is 26.1 Å². The predicted octanol–water partition coefficient (Wildman–Crippen LogP) is 1.59. The molecule has 0 aliphatic carbocycles. The van der Waals surface area contributed by atoms with Crippen molar-refractivity contribution in [3.05, 3.63) is 0 Å². The van der Waals surface area contributed by atoms with Crippen molar-refractivity contribution in [2.75, 3.05) is 13.2 Å². The number of nitrogens with one attached hydrogen (secondary N) is 1. The molecule has 7 atom stereocenters. The summed E-state index contributed by atoms with van der Waals surface area (Å²) >= 11 is -1.30. The van der Waals surface area contributed by atoms with E-state index >= 15 is 0 Å². The maximum atomic E-state index is 12.5. The molecule has 3 aliphatic rings. The Morgan fingerprint density at radius 3 is 2.47 bits per heavy atom. The molecule has 10 nitrogen and oxygen atoms in total. The molecule has 0 aromatic rings. The first-order chi connectivity index (χ1) is 16.2. The van der Waals surface area contributed by atoms with Crippen LogP contribution in [0.2, 0.25) is 2.70 Å². The van der Waals surface area contributed by atoms with Crippen molar-refractivity contribution < 1.29 is 78.3 Å². The molecular formula is C23H36AcN2O8. The molecule has 0 aromatic carbocycles. The fraction of sp³-hybridized carbons (Fsp3) is 0.826. The first kappa shape index (κ1) is 28.0. The van der Waals surface area contributed by atoms with Crippen LogP contribution in [-0.4, -0.2) is 65.5 Å². The van der Waals surface area contributed by atoms with Crippen LogP contribution in [-0.2, 0) is 33.5 Å². The fourth-order valence-electron chi connectivity index (χ4n) is 4.64. The van der Waals surface area contributed by atoms with E-state index in [1.54, 1.807) is 0 Å². The van der Waals surface area contributed by atoms with Crippen molar-refractivity contribution in [3.8, 4) is 0 Å². The molecule has 3 aliphatic heterocycles. The summed E-state index contributed by atoms with van der Waals surface area (Å²) in [6.07, 6.45) is 1.14. The van der Waals surface area contributed by atoms with Crippen molar-refractivity contribution in [1.82, 2.24) is 10.4 Å². The topological polar surface area (TPSA) is 131 Å². The van der Waals surface area contributed by atoms with Gasteiger partial charge in [-0.1, -0.05) is 0 Å². The second kappa shape index (κ2) is 13.1. The van der Waals surface area contributed by atoms with E-state index in [-0.39, 0.29) is 50.3 Å². The van der Waals surface area contributed by atoms with E-state index < -0.39 is 63.8 Å². The molecule has 0 aromatic heterocycles. The number of carbonyl (C=O) groups is 4. The summed E-state index contributed by atoms with van der Waals surface area (Å²) in [4.78, 5) is 52.2. The molecule has 3 fully saturated rings. The van der Waals surface area contributed by atoms with Crippen molar-refractivity contribution in [2.45, 2.75) is 80.5 Å². The Morgan fingerprint density at radius 2 is 1.82 bits per heavy atom. The third-order valence-corrected chi connectivity index (χ3v) is 15.3. The van der Waals surface area contributed by atoms with Gasteiger partial charge in [0.25, 0.3) is 11.8 Å². The van der Waals surface area contributed by atoms with Gasteiger partial charge < -0.3 is 4.84 Å². The third kappa shape index (κ3) is 7.45. The number of rotatable bonds is 10. The minimum absolute atomic E-state index is 0.0700. The minimum atomic E-state index is -1.30. The van der Waals surface area contributed by atoms with Gasteiger partial charge in [-0.15, -0.1) is 5.06 Å². The molecule has 0 radical (unpaired) electrons. The molecular weight excluding hydrogens is 659 g/mol. The van der Waals surface area contributed by atoms with Gasteiger partial charge in [-0.25, -0.2) is 4.79 Å². The molecule has 0 spiro atoms. The second-order valence-corrected chi connectivity index (χ2v) is 16.9. The van der Waals surface area contributed by atoms with Crippen LogP contribution in [0.1, 0.15) is 59.3 Å². The van der Waals surface area contributed by atoms with Crippen LogP contribution < -0.4 is 5.32 Å². The van der Waals surface area contributed by atoms with E-state index in [1.165, 1.54) is 0 Å². The zero-order chi connectivity index (χ0) is 24.8. The summed E-state index contributed by atoms with van der Waals surface area (Å²) in [5.74, 6) is -0.712. The van der Waals surface area contributed by atoms with Gasteiger partial charge in [0, 0.05) is 12.8 Å². The first-order valence-electron chi connectivity index (χ1n) is 12.3. The molecule has 2 N–H and O–H groups in total. The standard InChI is InChI=1S/C23H36N2O8.Ac/c1-14(26)8-9-19(27)24-13-18-16(3)15(2)17(4)23(32-18)31-12-6-5-7-22(30)33-25-20(28)10-11-21(25)29;/h9,14-18,23,26H,1,5-8,10-13H2,2-4H3,(H,24,27);. The average Bonchev–Trinajstić information content (AvgIpc) is 3.38. The van der Waals surface area contributed by atoms with E-state index in [4.69, 9.17) is 14.3 Å². The molecule has 3 saturated heterocycles. The van der Waals surface area contributed by atoms with E-state index in [9.17, 15) is 24.3 Å². The van der Waals surface area contributed by atoms with Gasteiger partial charge in [0.1, 0.15) is 0 Å². The summed E-state index contributed by atoms with van der Waals surface area (Å²) in [5, 5.41) is 13.3. The van der Waals surface area contributed by atoms with E-state index in [1.807, 2.05) is 0 Å². The molecule has 3 amide bonds. The van der Waals surface area contributed by atoms with Gasteiger partial charge in [0.2, 0.25) is 0 Å². The number of nitrogens with zero attached hydrogens (tertiary/aromatic N) is 1. The van der Waals surface area contributed by atoms with Crippen LogP contribution >= 0.6 is 0 Å². The Bertz CT molecular complexity index is 749. The van der Waals surface area contributed by atoms with Crippen LogP contribution in [0, 0.1) is 57.5 Å². The van der Waals surface area contributed by atoms with Crippen LogP contribution in [0.15, 0.2) is 0 Å². The Kier molecular flexibility index (Phi) is 10.8. The van der Waals surface area contributed by atoms with Crippen molar-refractivity contribution in [3.63, 3.8) is 0 Å². The zero-order valence-electron chi connectivity index (χ0n) is 20.2. The number of ether oxygens (including phenoxy) is 2. The number of carbonyl (C=O) groups excluding carboxylic acids is 4. The molecule has 3 heterocycles. The van der Waals surface area contributed by atoms with E-state index in [0.717, 1.165) is 1.60 Å². The van der Waals surface area contributed by atoms with Crippen LogP contribution in [0.5, 0.6) is 0 Å². The average molecular weight is 696 g/mol. The number of hydroxylamine groups is 2. The van der Waals surface area contributed by atoms with Gasteiger partial charge >= 0.3 is 175 Å². The molecule has 189 valence electrons. The van der Waals surface area contributed by atoms with Crippen LogP contribution in [0.4, 0.5) is 0 Å². The zero-order valence-corrected chi connectivity index (χ0v) is 25.0. The van der Waals surface area contributed by atoms with Crippen LogP contribution in [0.25, 0.3) is 0 Å². The molecule has 0 saturated carbocycles. The van der Waals surface area contributed by atoms with Gasteiger partial charge in [-0.3, -0.25) is 9.59 Å². The van der Waals surface area contributed by atoms with E-state index in [0.29, 0.717) is 43.4 Å². The summed E-state index contributed by atoms with van der Waals surface area (Å²) < 4.78 is 13.2. The predicted molar refractivity (Wildman–Crippen MR) is 115 cm³/mol. The normalized spacial score (nSPS) is 33.4. The fourth-order valence-corrected chi connectivity index (χ4v) is 11.5. The summed E-state index contributed by atoms with van der Waals surface area (Å²) in [5.41, 5.74) is 0. The van der Waals surface area contributed by atoms with Gasteiger partial charge in [-0.2, -0.15) is 0 Å². The van der Waals surface area contributed by atoms with Gasteiger partial charge in [-0.05, 0) is 0 Å². The molecule has 34 heavy (non-hydrogen) atoms. The SMILES string of the molecule is CC1C(CNC(=O)[CH]2CC(O)[CH2][Ac]2)OC(OCCCCC(=O)ON2C(=O)CCC2=O)C(C)C1C. The number of hydrogen-bond donors (Lipinski definition) is 2. The second-order valence-electron chi connectivity index (χ2n) is 9.71. The number of aliphatic hydroxyl groups is 1. The number of amides is 3. The van der Waals surface area contributed by atoms with Gasteiger partial charge in [0.15, 0.2) is 0 Å². The molecule has 3 rings (SSSR count). The maximum absolute atomic E-state index is 12.5.